The largest absolute Gasteiger partial charge is 0.350 e. The first-order valence-corrected chi connectivity index (χ1v) is 9.86. The maximum atomic E-state index is 12.5. The number of carbonyl (C=O) groups is 1. The van der Waals surface area contributed by atoms with Crippen LogP contribution in [0.15, 0.2) is 24.3 Å². The molecule has 2 N–H and O–H groups in total. The summed E-state index contributed by atoms with van der Waals surface area (Å²) in [5.41, 5.74) is 3.99. The smallest absolute Gasteiger partial charge is 0.273 e. The minimum Gasteiger partial charge on any atom is -0.350 e. The topological polar surface area (TPSA) is 71.8 Å². The molecule has 6 nitrogen and oxygen atoms in total. The van der Waals surface area contributed by atoms with E-state index < -0.39 is 0 Å². The van der Waals surface area contributed by atoms with Gasteiger partial charge in [0, 0.05) is 6.54 Å². The van der Waals surface area contributed by atoms with Crippen molar-refractivity contribution in [1.29, 1.82) is 0 Å². The van der Waals surface area contributed by atoms with E-state index in [-0.39, 0.29) is 11.3 Å². The van der Waals surface area contributed by atoms with E-state index in [4.69, 9.17) is 0 Å². The first kappa shape index (κ1) is 19.5. The van der Waals surface area contributed by atoms with Crippen molar-refractivity contribution in [3.63, 3.8) is 0 Å². The van der Waals surface area contributed by atoms with Gasteiger partial charge in [0.05, 0.1) is 11.7 Å². The van der Waals surface area contributed by atoms with Crippen LogP contribution in [-0.2, 0) is 11.8 Å². The zero-order valence-electron chi connectivity index (χ0n) is 16.9. The van der Waals surface area contributed by atoms with Crippen LogP contribution >= 0.6 is 0 Å². The van der Waals surface area contributed by atoms with Crippen LogP contribution in [0.25, 0.3) is 0 Å². The number of amides is 1. The van der Waals surface area contributed by atoms with Gasteiger partial charge in [0.1, 0.15) is 0 Å². The number of hydrogen-bond donors (Lipinski definition) is 2. The van der Waals surface area contributed by atoms with Crippen LogP contribution in [0.5, 0.6) is 0 Å². The molecular formula is C21H31N5O. The van der Waals surface area contributed by atoms with E-state index in [9.17, 15) is 4.79 Å². The van der Waals surface area contributed by atoms with Crippen LogP contribution in [0.4, 0.5) is 0 Å². The Bertz CT molecular complexity index is 767. The second-order valence-electron chi connectivity index (χ2n) is 8.40. The van der Waals surface area contributed by atoms with E-state index in [0.717, 1.165) is 38.0 Å². The molecule has 2 heterocycles. The second-order valence-corrected chi connectivity index (χ2v) is 8.40. The summed E-state index contributed by atoms with van der Waals surface area (Å²) in [7, 11) is 0. The van der Waals surface area contributed by atoms with E-state index in [2.05, 4.69) is 66.0 Å². The molecule has 1 saturated heterocycles. The molecule has 0 bridgehead atoms. The van der Waals surface area contributed by atoms with E-state index in [0.29, 0.717) is 18.3 Å². The van der Waals surface area contributed by atoms with Gasteiger partial charge in [-0.25, -0.2) is 4.68 Å². The van der Waals surface area contributed by atoms with Crippen LogP contribution in [0.2, 0.25) is 0 Å². The van der Waals surface area contributed by atoms with Gasteiger partial charge < -0.3 is 10.6 Å². The minimum absolute atomic E-state index is 0.140. The quantitative estimate of drug-likeness (QED) is 0.850. The Morgan fingerprint density at radius 2 is 1.89 bits per heavy atom. The molecule has 0 atom stereocenters. The number of nitrogens with zero attached hydrogens (tertiary/aromatic N) is 3. The van der Waals surface area contributed by atoms with E-state index >= 15 is 0 Å². The summed E-state index contributed by atoms with van der Waals surface area (Å²) in [6.07, 6.45) is 2.85. The minimum atomic E-state index is -0.140. The normalized spacial score (nSPS) is 15.7. The Morgan fingerprint density at radius 3 is 2.52 bits per heavy atom. The number of aromatic nitrogens is 3. The van der Waals surface area contributed by atoms with Gasteiger partial charge in [-0.1, -0.05) is 50.3 Å². The highest BCUT2D eigenvalue weighted by molar-refractivity contribution is 5.93. The number of piperidine rings is 1. The summed E-state index contributed by atoms with van der Waals surface area (Å²) in [4.78, 5) is 12.5. The standard InChI is InChI=1S/C21H31N5O/c1-15-19(24-25-26(15)18-10-12-22-13-11-18)20(27)23-14-9-16-5-7-17(8-6-16)21(2,3)4/h5-8,18,22H,9-14H2,1-4H3,(H,23,27). The van der Waals surface area contributed by atoms with Gasteiger partial charge in [0.15, 0.2) is 5.69 Å². The van der Waals surface area contributed by atoms with Crippen molar-refractivity contribution in [1.82, 2.24) is 25.6 Å². The molecule has 2 aromatic rings. The molecule has 1 aliphatic rings. The molecule has 1 aromatic heterocycles. The fourth-order valence-electron chi connectivity index (χ4n) is 3.52. The highest BCUT2D eigenvalue weighted by atomic mass is 16.2. The van der Waals surface area contributed by atoms with Gasteiger partial charge in [-0.2, -0.15) is 0 Å². The predicted molar refractivity (Wildman–Crippen MR) is 107 cm³/mol. The maximum Gasteiger partial charge on any atom is 0.273 e. The Balaban J connectivity index is 1.54. The molecular weight excluding hydrogens is 338 g/mol. The average Bonchev–Trinajstić information content (AvgIpc) is 3.03. The fourth-order valence-corrected chi connectivity index (χ4v) is 3.52. The molecule has 27 heavy (non-hydrogen) atoms. The van der Waals surface area contributed by atoms with E-state index in [1.165, 1.54) is 11.1 Å². The third-order valence-electron chi connectivity index (χ3n) is 5.32. The van der Waals surface area contributed by atoms with E-state index in [1.54, 1.807) is 0 Å². The summed E-state index contributed by atoms with van der Waals surface area (Å²) in [5.74, 6) is -0.140. The van der Waals surface area contributed by atoms with Crippen LogP contribution in [0.1, 0.15) is 67.0 Å². The first-order chi connectivity index (χ1) is 12.9. The Labute approximate surface area is 161 Å². The van der Waals surface area contributed by atoms with Gasteiger partial charge in [-0.05, 0) is 55.8 Å². The van der Waals surface area contributed by atoms with Crippen molar-refractivity contribution >= 4 is 5.91 Å². The predicted octanol–water partition coefficient (Wildman–Crippen LogP) is 2.78. The zero-order chi connectivity index (χ0) is 19.4. The van der Waals surface area contributed by atoms with E-state index in [1.807, 2.05) is 11.6 Å². The SMILES string of the molecule is Cc1c(C(=O)NCCc2ccc(C(C)(C)C)cc2)nnn1C1CCNCC1. The van der Waals surface area contributed by atoms with Crippen LogP contribution < -0.4 is 10.6 Å². The lowest BCUT2D eigenvalue weighted by molar-refractivity contribution is 0.0948. The van der Waals surface area contributed by atoms with Crippen molar-refractivity contribution in [2.75, 3.05) is 19.6 Å². The van der Waals surface area contributed by atoms with Gasteiger partial charge in [-0.15, -0.1) is 5.10 Å². The summed E-state index contributed by atoms with van der Waals surface area (Å²) in [6.45, 7) is 11.1. The Morgan fingerprint density at radius 1 is 1.22 bits per heavy atom. The third-order valence-corrected chi connectivity index (χ3v) is 5.32. The number of hydrogen-bond acceptors (Lipinski definition) is 4. The monoisotopic (exact) mass is 369 g/mol. The zero-order valence-corrected chi connectivity index (χ0v) is 16.9. The Hall–Kier alpha value is -2.21. The molecule has 0 unspecified atom stereocenters. The van der Waals surface area contributed by atoms with Gasteiger partial charge in [-0.3, -0.25) is 4.79 Å². The van der Waals surface area contributed by atoms with Crippen molar-refractivity contribution in [2.45, 2.75) is 58.4 Å². The molecule has 146 valence electrons. The Kier molecular flexibility index (Phi) is 5.95. The summed E-state index contributed by atoms with van der Waals surface area (Å²) in [6, 6.07) is 8.97. The molecule has 3 rings (SSSR count). The molecule has 0 aliphatic carbocycles. The highest BCUT2D eigenvalue weighted by Crippen LogP contribution is 2.22. The van der Waals surface area contributed by atoms with Gasteiger partial charge in [0.2, 0.25) is 0 Å². The van der Waals surface area contributed by atoms with Gasteiger partial charge in [0.25, 0.3) is 5.91 Å². The second kappa shape index (κ2) is 8.21. The molecule has 6 heteroatoms. The molecule has 1 aromatic carbocycles. The highest BCUT2D eigenvalue weighted by Gasteiger charge is 2.22. The van der Waals surface area contributed by atoms with Crippen molar-refractivity contribution in [3.8, 4) is 0 Å². The lowest BCUT2D eigenvalue weighted by atomic mass is 9.86. The molecule has 0 radical (unpaired) electrons. The average molecular weight is 370 g/mol. The third kappa shape index (κ3) is 4.75. The van der Waals surface area contributed by atoms with Crippen LogP contribution in [0, 0.1) is 6.92 Å². The molecule has 0 spiro atoms. The van der Waals surface area contributed by atoms with Crippen molar-refractivity contribution in [3.05, 3.63) is 46.8 Å². The fraction of sp³-hybridized carbons (Fsp3) is 0.571. The number of carbonyl (C=O) groups excluding carboxylic acids is 1. The lowest BCUT2D eigenvalue weighted by Gasteiger charge is -2.23. The maximum absolute atomic E-state index is 12.5. The summed E-state index contributed by atoms with van der Waals surface area (Å²) < 4.78 is 1.92. The molecule has 1 amide bonds. The van der Waals surface area contributed by atoms with Crippen LogP contribution in [0.3, 0.4) is 0 Å². The number of nitrogens with one attached hydrogen (secondary N) is 2. The van der Waals surface area contributed by atoms with Gasteiger partial charge >= 0.3 is 0 Å². The summed E-state index contributed by atoms with van der Waals surface area (Å²) in [5, 5.41) is 14.7. The van der Waals surface area contributed by atoms with Crippen LogP contribution in [-0.4, -0.2) is 40.5 Å². The molecule has 1 fully saturated rings. The summed E-state index contributed by atoms with van der Waals surface area (Å²) >= 11 is 0. The van der Waals surface area contributed by atoms with Crippen molar-refractivity contribution < 1.29 is 4.79 Å². The molecule has 1 aliphatic heterocycles. The molecule has 0 saturated carbocycles. The van der Waals surface area contributed by atoms with Crippen molar-refractivity contribution in [2.24, 2.45) is 0 Å². The first-order valence-electron chi connectivity index (χ1n) is 9.86. The lowest BCUT2D eigenvalue weighted by Crippen LogP contribution is -2.30. The number of rotatable bonds is 5. The number of benzene rings is 1.